The average Bonchev–Trinajstić information content (AvgIpc) is 3.12. The van der Waals surface area contributed by atoms with Crippen LogP contribution >= 0.6 is 11.6 Å². The van der Waals surface area contributed by atoms with Gasteiger partial charge in [0.05, 0.1) is 12.3 Å². The number of nitrogens with one attached hydrogen (secondary N) is 1. The van der Waals surface area contributed by atoms with Gasteiger partial charge in [0.1, 0.15) is 5.82 Å². The van der Waals surface area contributed by atoms with E-state index in [2.05, 4.69) is 10.5 Å². The van der Waals surface area contributed by atoms with Gasteiger partial charge in [0.2, 0.25) is 0 Å². The van der Waals surface area contributed by atoms with Gasteiger partial charge < -0.3 is 15.1 Å². The highest BCUT2D eigenvalue weighted by Crippen LogP contribution is 2.21. The lowest BCUT2D eigenvalue weighted by Gasteiger charge is -2.25. The zero-order valence-corrected chi connectivity index (χ0v) is 15.7. The highest BCUT2D eigenvalue weighted by Gasteiger charge is 2.27. The van der Waals surface area contributed by atoms with Crippen molar-refractivity contribution in [3.8, 4) is 0 Å². The fourth-order valence-corrected chi connectivity index (χ4v) is 3.09. The number of halogens is 2. The van der Waals surface area contributed by atoms with E-state index < -0.39 is 0 Å². The first-order valence-corrected chi connectivity index (χ1v) is 9.19. The first-order chi connectivity index (χ1) is 13.1. The van der Waals surface area contributed by atoms with E-state index in [-0.39, 0.29) is 18.0 Å². The smallest absolute Gasteiger partial charge is 0.317 e. The van der Waals surface area contributed by atoms with Crippen LogP contribution in [0.4, 0.5) is 9.18 Å². The molecule has 0 spiro atoms. The Bertz CT molecular complexity index is 826. The van der Waals surface area contributed by atoms with Gasteiger partial charge in [0.25, 0.3) is 0 Å². The number of oxime groups is 1. The van der Waals surface area contributed by atoms with Crippen LogP contribution in [0.25, 0.3) is 0 Å². The van der Waals surface area contributed by atoms with E-state index in [1.54, 1.807) is 23.1 Å². The second-order valence-corrected chi connectivity index (χ2v) is 6.69. The van der Waals surface area contributed by atoms with Crippen molar-refractivity contribution >= 4 is 23.3 Å². The molecule has 0 radical (unpaired) electrons. The first kappa shape index (κ1) is 19.2. The Morgan fingerprint density at radius 2 is 2.04 bits per heavy atom. The largest absolute Gasteiger partial charge is 0.390 e. The number of carbonyl (C=O) groups is 1. The fourth-order valence-electron chi connectivity index (χ4n) is 2.90. The van der Waals surface area contributed by atoms with E-state index in [0.717, 1.165) is 16.8 Å². The monoisotopic (exact) mass is 389 g/mol. The van der Waals surface area contributed by atoms with Crippen molar-refractivity contribution < 1.29 is 14.0 Å². The SMILES string of the molecule is CCNC(=O)N(Cc1ccccc1Cl)C[C@@H]1CC(c2ccc(F)cc2)=NO1. The van der Waals surface area contributed by atoms with Crippen molar-refractivity contribution in [2.45, 2.75) is 26.0 Å². The van der Waals surface area contributed by atoms with E-state index in [0.29, 0.717) is 31.1 Å². The molecule has 0 aliphatic carbocycles. The summed E-state index contributed by atoms with van der Waals surface area (Å²) in [6.45, 7) is 3.14. The van der Waals surface area contributed by atoms with Crippen molar-refractivity contribution in [1.82, 2.24) is 10.2 Å². The van der Waals surface area contributed by atoms with Gasteiger partial charge in [-0.05, 0) is 36.2 Å². The molecule has 0 unspecified atom stereocenters. The summed E-state index contributed by atoms with van der Waals surface area (Å²) in [5, 5.41) is 7.54. The van der Waals surface area contributed by atoms with Crippen molar-refractivity contribution in [2.24, 2.45) is 5.16 Å². The molecule has 1 atom stereocenters. The number of amides is 2. The molecule has 0 aromatic heterocycles. The van der Waals surface area contributed by atoms with Crippen molar-refractivity contribution in [3.63, 3.8) is 0 Å². The Hall–Kier alpha value is -2.60. The predicted molar refractivity (Wildman–Crippen MR) is 103 cm³/mol. The molecule has 0 fully saturated rings. The summed E-state index contributed by atoms with van der Waals surface area (Å²) >= 11 is 6.24. The van der Waals surface area contributed by atoms with E-state index in [4.69, 9.17) is 16.4 Å². The van der Waals surface area contributed by atoms with Crippen LogP contribution in [0.5, 0.6) is 0 Å². The maximum atomic E-state index is 13.1. The fraction of sp³-hybridized carbons (Fsp3) is 0.300. The summed E-state index contributed by atoms with van der Waals surface area (Å²) in [5.74, 6) is -0.294. The number of urea groups is 1. The minimum Gasteiger partial charge on any atom is -0.390 e. The summed E-state index contributed by atoms with van der Waals surface area (Å²) in [4.78, 5) is 19.7. The van der Waals surface area contributed by atoms with Crippen LogP contribution in [0.1, 0.15) is 24.5 Å². The van der Waals surface area contributed by atoms with Crippen LogP contribution in [-0.4, -0.2) is 35.8 Å². The lowest BCUT2D eigenvalue weighted by Crippen LogP contribution is -2.43. The van der Waals surface area contributed by atoms with Crippen LogP contribution in [0, 0.1) is 5.82 Å². The second-order valence-electron chi connectivity index (χ2n) is 6.28. The Kier molecular flexibility index (Phi) is 6.29. The highest BCUT2D eigenvalue weighted by molar-refractivity contribution is 6.31. The van der Waals surface area contributed by atoms with Crippen molar-refractivity contribution in [3.05, 3.63) is 70.5 Å². The molecule has 1 aliphatic rings. The Labute approximate surface area is 162 Å². The quantitative estimate of drug-likeness (QED) is 0.804. The van der Waals surface area contributed by atoms with Crippen LogP contribution in [0.3, 0.4) is 0 Å². The number of rotatable bonds is 6. The number of carbonyl (C=O) groups excluding carboxylic acids is 1. The molecule has 2 amide bonds. The number of benzene rings is 2. The number of hydrogen-bond acceptors (Lipinski definition) is 3. The Morgan fingerprint density at radius 3 is 2.74 bits per heavy atom. The summed E-state index contributed by atoms with van der Waals surface area (Å²) in [7, 11) is 0. The molecule has 2 aromatic rings. The average molecular weight is 390 g/mol. The molecule has 1 N–H and O–H groups in total. The van der Waals surface area contributed by atoms with E-state index >= 15 is 0 Å². The molecule has 1 heterocycles. The van der Waals surface area contributed by atoms with E-state index in [1.807, 2.05) is 25.1 Å². The van der Waals surface area contributed by atoms with Gasteiger partial charge >= 0.3 is 6.03 Å². The van der Waals surface area contributed by atoms with E-state index in [9.17, 15) is 9.18 Å². The zero-order valence-electron chi connectivity index (χ0n) is 15.0. The summed E-state index contributed by atoms with van der Waals surface area (Å²) in [5.41, 5.74) is 2.42. The molecule has 1 aliphatic heterocycles. The van der Waals surface area contributed by atoms with Gasteiger partial charge in [-0.15, -0.1) is 0 Å². The lowest BCUT2D eigenvalue weighted by atomic mass is 10.0. The number of nitrogens with zero attached hydrogens (tertiary/aromatic N) is 2. The summed E-state index contributed by atoms with van der Waals surface area (Å²) in [6.07, 6.45) is 0.277. The Balaban J connectivity index is 1.67. The van der Waals surface area contributed by atoms with Crippen LogP contribution in [0.15, 0.2) is 53.7 Å². The van der Waals surface area contributed by atoms with Crippen LogP contribution in [-0.2, 0) is 11.4 Å². The molecule has 2 aromatic carbocycles. The highest BCUT2D eigenvalue weighted by atomic mass is 35.5. The maximum absolute atomic E-state index is 13.1. The standard InChI is InChI=1S/C20H21ClFN3O2/c1-2-23-20(26)25(12-15-5-3-4-6-18(15)21)13-17-11-19(24-27-17)14-7-9-16(22)10-8-14/h3-10,17H,2,11-13H2,1H3,(H,23,26)/t17-/m0/s1. The van der Waals surface area contributed by atoms with Crippen LogP contribution in [0.2, 0.25) is 5.02 Å². The zero-order chi connectivity index (χ0) is 19.2. The molecular weight excluding hydrogens is 369 g/mol. The molecule has 3 rings (SSSR count). The topological polar surface area (TPSA) is 53.9 Å². The molecule has 0 saturated carbocycles. The Morgan fingerprint density at radius 1 is 1.30 bits per heavy atom. The normalized spacial score (nSPS) is 15.8. The second kappa shape index (κ2) is 8.86. The van der Waals surface area contributed by atoms with Gasteiger partial charge in [0.15, 0.2) is 6.10 Å². The third-order valence-electron chi connectivity index (χ3n) is 4.27. The third-order valence-corrected chi connectivity index (χ3v) is 4.64. The minimum atomic E-state index is -0.294. The minimum absolute atomic E-state index is 0.184. The molecule has 7 heteroatoms. The van der Waals surface area contributed by atoms with Crippen molar-refractivity contribution in [1.29, 1.82) is 0 Å². The van der Waals surface area contributed by atoms with Gasteiger partial charge in [-0.25, -0.2) is 9.18 Å². The lowest BCUT2D eigenvalue weighted by molar-refractivity contribution is 0.0590. The molecular formula is C20H21ClFN3O2. The van der Waals surface area contributed by atoms with Gasteiger partial charge in [-0.2, -0.15) is 0 Å². The third kappa shape index (κ3) is 4.98. The van der Waals surface area contributed by atoms with E-state index in [1.165, 1.54) is 12.1 Å². The van der Waals surface area contributed by atoms with Crippen LogP contribution < -0.4 is 5.32 Å². The van der Waals surface area contributed by atoms with Gasteiger partial charge in [-0.1, -0.05) is 47.1 Å². The number of hydrogen-bond donors (Lipinski definition) is 1. The van der Waals surface area contributed by atoms with Gasteiger partial charge in [0, 0.05) is 24.5 Å². The summed E-state index contributed by atoms with van der Waals surface area (Å²) in [6, 6.07) is 13.4. The maximum Gasteiger partial charge on any atom is 0.317 e. The van der Waals surface area contributed by atoms with Crippen molar-refractivity contribution in [2.75, 3.05) is 13.1 Å². The molecule has 0 saturated heterocycles. The molecule has 27 heavy (non-hydrogen) atoms. The molecule has 5 nitrogen and oxygen atoms in total. The van der Waals surface area contributed by atoms with Gasteiger partial charge in [-0.3, -0.25) is 0 Å². The molecule has 142 valence electrons. The predicted octanol–water partition coefficient (Wildman–Crippen LogP) is 4.20. The summed E-state index contributed by atoms with van der Waals surface area (Å²) < 4.78 is 13.1. The first-order valence-electron chi connectivity index (χ1n) is 8.81. The molecule has 0 bridgehead atoms.